The lowest BCUT2D eigenvalue weighted by atomic mass is 10.0. The van der Waals surface area contributed by atoms with Crippen molar-refractivity contribution >= 4 is 11.8 Å². The van der Waals surface area contributed by atoms with Crippen LogP contribution in [0, 0.1) is 5.92 Å². The maximum Gasteiger partial charge on any atom is 0.246 e. The average molecular weight is 238 g/mol. The molecule has 1 N–H and O–H groups in total. The van der Waals surface area contributed by atoms with Gasteiger partial charge in [-0.25, -0.2) is 0 Å². The maximum absolute atomic E-state index is 12.4. The van der Waals surface area contributed by atoms with E-state index in [2.05, 4.69) is 12.2 Å². The second-order valence-electron chi connectivity index (χ2n) is 5.35. The predicted octanol–water partition coefficient (Wildman–Crippen LogP) is 1.30. The van der Waals surface area contributed by atoms with Gasteiger partial charge in [0.05, 0.1) is 0 Å². The van der Waals surface area contributed by atoms with Gasteiger partial charge in [0.1, 0.15) is 12.1 Å². The molecule has 96 valence electrons. The lowest BCUT2D eigenvalue weighted by molar-refractivity contribution is -0.151. The van der Waals surface area contributed by atoms with Gasteiger partial charge in [-0.15, -0.1) is 0 Å². The summed E-state index contributed by atoms with van der Waals surface area (Å²) in [5.41, 5.74) is 0. The molecule has 0 bridgehead atoms. The van der Waals surface area contributed by atoms with Crippen molar-refractivity contribution in [3.8, 4) is 0 Å². The fraction of sp³-hybridized carbons (Fsp3) is 0.846. The molecule has 1 saturated heterocycles. The first-order valence-corrected chi connectivity index (χ1v) is 6.68. The molecule has 2 rings (SSSR count). The molecule has 0 spiro atoms. The van der Waals surface area contributed by atoms with Crippen LogP contribution in [0.3, 0.4) is 0 Å². The van der Waals surface area contributed by atoms with Gasteiger partial charge in [0.15, 0.2) is 0 Å². The van der Waals surface area contributed by atoms with Gasteiger partial charge in [-0.1, -0.05) is 13.3 Å². The summed E-state index contributed by atoms with van der Waals surface area (Å²) in [5, 5.41) is 2.83. The SMILES string of the molecule is CCCC1NC(=O)C(C)N(C(C)C2CC2)C1=O. The van der Waals surface area contributed by atoms with Crippen molar-refractivity contribution in [1.82, 2.24) is 10.2 Å². The smallest absolute Gasteiger partial charge is 0.246 e. The van der Waals surface area contributed by atoms with Gasteiger partial charge in [0.2, 0.25) is 11.8 Å². The van der Waals surface area contributed by atoms with Crippen LogP contribution in [0.4, 0.5) is 0 Å². The molecular weight excluding hydrogens is 216 g/mol. The van der Waals surface area contributed by atoms with Gasteiger partial charge >= 0.3 is 0 Å². The minimum Gasteiger partial charge on any atom is -0.343 e. The number of hydrogen-bond donors (Lipinski definition) is 1. The molecule has 1 aliphatic heterocycles. The standard InChI is InChI=1S/C13H22N2O2/c1-4-5-11-13(17)15(8(2)10-6-7-10)9(3)12(16)14-11/h8-11H,4-7H2,1-3H3,(H,14,16). The van der Waals surface area contributed by atoms with Crippen LogP contribution >= 0.6 is 0 Å². The molecule has 0 aromatic heterocycles. The quantitative estimate of drug-likeness (QED) is 0.802. The normalized spacial score (nSPS) is 31.4. The Labute approximate surface area is 103 Å². The minimum atomic E-state index is -0.314. The van der Waals surface area contributed by atoms with Gasteiger partial charge in [-0.3, -0.25) is 9.59 Å². The fourth-order valence-corrected chi connectivity index (χ4v) is 2.69. The number of nitrogens with zero attached hydrogens (tertiary/aromatic N) is 1. The van der Waals surface area contributed by atoms with Gasteiger partial charge in [0, 0.05) is 6.04 Å². The summed E-state index contributed by atoms with van der Waals surface area (Å²) in [4.78, 5) is 26.1. The Morgan fingerprint density at radius 2 is 2.06 bits per heavy atom. The molecule has 0 aromatic rings. The summed E-state index contributed by atoms with van der Waals surface area (Å²) >= 11 is 0. The molecular formula is C13H22N2O2. The van der Waals surface area contributed by atoms with Gasteiger partial charge < -0.3 is 10.2 Å². The van der Waals surface area contributed by atoms with Crippen molar-refractivity contribution in [3.63, 3.8) is 0 Å². The topological polar surface area (TPSA) is 49.4 Å². The Morgan fingerprint density at radius 1 is 1.41 bits per heavy atom. The zero-order valence-corrected chi connectivity index (χ0v) is 10.9. The van der Waals surface area contributed by atoms with Crippen LogP contribution in [0.2, 0.25) is 0 Å². The highest BCUT2D eigenvalue weighted by Crippen LogP contribution is 2.36. The van der Waals surface area contributed by atoms with Gasteiger partial charge in [-0.05, 0) is 39.0 Å². The van der Waals surface area contributed by atoms with Crippen LogP contribution in [-0.4, -0.2) is 34.8 Å². The summed E-state index contributed by atoms with van der Waals surface area (Å²) in [6.45, 7) is 5.94. The summed E-state index contributed by atoms with van der Waals surface area (Å²) in [5.74, 6) is 0.712. The van der Waals surface area contributed by atoms with Crippen LogP contribution in [0.15, 0.2) is 0 Å². The molecule has 1 heterocycles. The third-order valence-corrected chi connectivity index (χ3v) is 3.99. The van der Waals surface area contributed by atoms with Crippen LogP contribution in [0.5, 0.6) is 0 Å². The summed E-state index contributed by atoms with van der Waals surface area (Å²) in [6.07, 6.45) is 4.04. The molecule has 1 aliphatic carbocycles. The number of nitrogens with one attached hydrogen (secondary N) is 1. The molecule has 2 aliphatic rings. The third kappa shape index (κ3) is 2.31. The highest BCUT2D eigenvalue weighted by molar-refractivity contribution is 5.96. The van der Waals surface area contributed by atoms with E-state index in [0.29, 0.717) is 5.92 Å². The predicted molar refractivity (Wildman–Crippen MR) is 65.3 cm³/mol. The van der Waals surface area contributed by atoms with E-state index in [-0.39, 0.29) is 29.9 Å². The molecule has 2 amide bonds. The van der Waals surface area contributed by atoms with E-state index in [1.807, 2.05) is 18.7 Å². The first-order chi connectivity index (χ1) is 8.06. The molecule has 2 fully saturated rings. The van der Waals surface area contributed by atoms with Crippen molar-refractivity contribution < 1.29 is 9.59 Å². The minimum absolute atomic E-state index is 0.00412. The van der Waals surface area contributed by atoms with E-state index < -0.39 is 0 Å². The number of amides is 2. The molecule has 17 heavy (non-hydrogen) atoms. The maximum atomic E-state index is 12.4. The highest BCUT2D eigenvalue weighted by Gasteiger charge is 2.44. The van der Waals surface area contributed by atoms with Crippen molar-refractivity contribution in [2.24, 2.45) is 5.92 Å². The van der Waals surface area contributed by atoms with E-state index in [0.717, 1.165) is 12.8 Å². The molecule has 0 radical (unpaired) electrons. The first kappa shape index (κ1) is 12.4. The second-order valence-corrected chi connectivity index (χ2v) is 5.35. The third-order valence-electron chi connectivity index (χ3n) is 3.99. The van der Waals surface area contributed by atoms with Crippen molar-refractivity contribution in [2.75, 3.05) is 0 Å². The Hall–Kier alpha value is -1.06. The van der Waals surface area contributed by atoms with E-state index in [1.165, 1.54) is 12.8 Å². The number of carbonyl (C=O) groups is 2. The fourth-order valence-electron chi connectivity index (χ4n) is 2.69. The van der Waals surface area contributed by atoms with E-state index in [1.54, 1.807) is 0 Å². The van der Waals surface area contributed by atoms with Crippen LogP contribution in [0.1, 0.15) is 46.5 Å². The molecule has 3 unspecified atom stereocenters. The monoisotopic (exact) mass is 238 g/mol. The Kier molecular flexibility index (Phi) is 3.40. The highest BCUT2D eigenvalue weighted by atomic mass is 16.2. The van der Waals surface area contributed by atoms with Crippen molar-refractivity contribution in [3.05, 3.63) is 0 Å². The van der Waals surface area contributed by atoms with Crippen molar-refractivity contribution in [2.45, 2.75) is 64.6 Å². The van der Waals surface area contributed by atoms with Gasteiger partial charge in [0.25, 0.3) is 0 Å². The second kappa shape index (κ2) is 4.67. The van der Waals surface area contributed by atoms with Crippen molar-refractivity contribution in [1.29, 1.82) is 0 Å². The number of hydrogen-bond acceptors (Lipinski definition) is 2. The summed E-state index contributed by atoms with van der Waals surface area (Å²) < 4.78 is 0. The number of piperazine rings is 1. The largest absolute Gasteiger partial charge is 0.343 e. The zero-order chi connectivity index (χ0) is 12.6. The first-order valence-electron chi connectivity index (χ1n) is 6.68. The van der Waals surface area contributed by atoms with Gasteiger partial charge in [-0.2, -0.15) is 0 Å². The molecule has 4 nitrogen and oxygen atoms in total. The van der Waals surface area contributed by atoms with Crippen LogP contribution in [-0.2, 0) is 9.59 Å². The van der Waals surface area contributed by atoms with E-state index in [9.17, 15) is 9.59 Å². The molecule has 3 atom stereocenters. The Balaban J connectivity index is 2.14. The Morgan fingerprint density at radius 3 is 2.59 bits per heavy atom. The molecule has 0 aromatic carbocycles. The zero-order valence-electron chi connectivity index (χ0n) is 10.9. The summed E-state index contributed by atoms with van der Waals surface area (Å²) in [7, 11) is 0. The van der Waals surface area contributed by atoms with Crippen LogP contribution < -0.4 is 5.32 Å². The van der Waals surface area contributed by atoms with E-state index in [4.69, 9.17) is 0 Å². The lowest BCUT2D eigenvalue weighted by Crippen LogP contribution is -2.64. The lowest BCUT2D eigenvalue weighted by Gasteiger charge is -2.41. The van der Waals surface area contributed by atoms with E-state index >= 15 is 0 Å². The van der Waals surface area contributed by atoms with Crippen LogP contribution in [0.25, 0.3) is 0 Å². The number of carbonyl (C=O) groups excluding carboxylic acids is 2. The molecule has 1 saturated carbocycles. The Bertz CT molecular complexity index is 325. The molecule has 4 heteroatoms. The summed E-state index contributed by atoms with van der Waals surface area (Å²) in [6, 6.07) is -0.404. The number of rotatable bonds is 4. The average Bonchev–Trinajstić information content (AvgIpc) is 3.10.